The van der Waals surface area contributed by atoms with E-state index in [0.29, 0.717) is 0 Å². The third-order valence-electron chi connectivity index (χ3n) is 2.94. The Morgan fingerprint density at radius 1 is 1.30 bits per heavy atom. The van der Waals surface area contributed by atoms with E-state index in [1.165, 1.54) is 0 Å². The van der Waals surface area contributed by atoms with Gasteiger partial charge in [-0.2, -0.15) is 13.2 Å². The number of amides is 2. The second kappa shape index (κ2) is 4.89. The molecule has 0 bridgehead atoms. The zero-order valence-electron chi connectivity index (χ0n) is 9.92. The maximum atomic E-state index is 12.6. The Bertz CT molecular complexity index is 531. The van der Waals surface area contributed by atoms with E-state index in [-0.39, 0.29) is 17.8 Å². The van der Waals surface area contributed by atoms with Crippen molar-refractivity contribution in [3.63, 3.8) is 0 Å². The first-order valence-electron chi connectivity index (χ1n) is 5.51. The van der Waals surface area contributed by atoms with Crippen molar-refractivity contribution in [2.75, 3.05) is 5.32 Å². The number of alkyl halides is 5. The van der Waals surface area contributed by atoms with Crippen LogP contribution in [-0.4, -0.2) is 23.6 Å². The highest BCUT2D eigenvalue weighted by molar-refractivity contribution is 5.91. The van der Waals surface area contributed by atoms with Crippen LogP contribution in [0.1, 0.15) is 17.0 Å². The van der Waals surface area contributed by atoms with Crippen LogP contribution in [0.4, 0.5) is 32.4 Å². The van der Waals surface area contributed by atoms with Crippen LogP contribution in [-0.2, 0) is 6.54 Å². The molecule has 1 heterocycles. The molecule has 3 N–H and O–H groups in total. The second-order valence-corrected chi connectivity index (χ2v) is 4.33. The lowest BCUT2D eigenvalue weighted by atomic mass is 9.95. The number of halogens is 5. The van der Waals surface area contributed by atoms with Gasteiger partial charge >= 0.3 is 12.2 Å². The van der Waals surface area contributed by atoms with Crippen molar-refractivity contribution >= 4 is 11.7 Å². The topological polar surface area (TPSA) is 58.4 Å². The van der Waals surface area contributed by atoms with Gasteiger partial charge in [0, 0.05) is 5.69 Å². The molecule has 1 unspecified atom stereocenters. The van der Waals surface area contributed by atoms with E-state index in [9.17, 15) is 26.7 Å². The molecule has 0 radical (unpaired) electrons. The predicted octanol–water partition coefficient (Wildman–Crippen LogP) is 2.82. The van der Waals surface area contributed by atoms with Crippen molar-refractivity contribution in [1.82, 2.24) is 5.01 Å². The molecule has 1 aliphatic rings. The smallest absolute Gasteiger partial charge is 0.306 e. The average molecular weight is 295 g/mol. The summed E-state index contributed by atoms with van der Waals surface area (Å²) < 4.78 is 63.2. The number of hydrogen-bond donors (Lipinski definition) is 2. The maximum Gasteiger partial charge on any atom is 0.401 e. The summed E-state index contributed by atoms with van der Waals surface area (Å²) in [7, 11) is 0. The van der Waals surface area contributed by atoms with Crippen LogP contribution in [0, 0.1) is 0 Å². The molecule has 2 rings (SSSR count). The molecule has 1 aromatic carbocycles. The Balaban J connectivity index is 2.40. The van der Waals surface area contributed by atoms with Crippen molar-refractivity contribution < 1.29 is 26.7 Å². The Morgan fingerprint density at radius 3 is 2.50 bits per heavy atom. The molecule has 0 saturated heterocycles. The fourth-order valence-electron chi connectivity index (χ4n) is 1.98. The zero-order valence-corrected chi connectivity index (χ0v) is 9.92. The number of fused-ring (bicyclic) bond motifs is 1. The third-order valence-corrected chi connectivity index (χ3v) is 2.94. The molecule has 0 fully saturated rings. The predicted molar refractivity (Wildman–Crippen MR) is 60.0 cm³/mol. The van der Waals surface area contributed by atoms with E-state index in [0.717, 1.165) is 23.2 Å². The summed E-state index contributed by atoms with van der Waals surface area (Å²) in [5.74, 6) is 2.45. The fourth-order valence-corrected chi connectivity index (χ4v) is 1.98. The molecule has 1 aromatic rings. The van der Waals surface area contributed by atoms with Gasteiger partial charge in [0.2, 0.25) is 0 Å². The van der Waals surface area contributed by atoms with Gasteiger partial charge in [-0.3, -0.25) is 5.01 Å². The molecule has 0 spiro atoms. The van der Waals surface area contributed by atoms with E-state index in [2.05, 4.69) is 5.32 Å². The van der Waals surface area contributed by atoms with Gasteiger partial charge in [-0.15, -0.1) is 0 Å². The Kier molecular flexibility index (Phi) is 3.55. The molecule has 110 valence electrons. The van der Waals surface area contributed by atoms with Gasteiger partial charge < -0.3 is 5.32 Å². The fraction of sp³-hybridized carbons (Fsp3) is 0.364. The minimum absolute atomic E-state index is 0.150. The monoisotopic (exact) mass is 295 g/mol. The molecule has 1 atom stereocenters. The summed E-state index contributed by atoms with van der Waals surface area (Å²) in [5.41, 5.74) is -0.0501. The van der Waals surface area contributed by atoms with Crippen molar-refractivity contribution in [3.05, 3.63) is 29.3 Å². The standard InChI is InChI=1S/C11H10F5N3O/c12-9(13)8(11(14,15)16)5-1-2-7-6(3-5)4-19(17)10(20)18-7/h1-3,8-9H,4,17H2,(H,18,20). The van der Waals surface area contributed by atoms with Gasteiger partial charge in [0.05, 0.1) is 6.54 Å². The first-order valence-corrected chi connectivity index (χ1v) is 5.51. The van der Waals surface area contributed by atoms with Crippen LogP contribution in [0.5, 0.6) is 0 Å². The number of benzene rings is 1. The van der Waals surface area contributed by atoms with Crippen LogP contribution < -0.4 is 11.2 Å². The summed E-state index contributed by atoms with van der Waals surface area (Å²) >= 11 is 0. The number of carbonyl (C=O) groups is 1. The molecular weight excluding hydrogens is 285 g/mol. The molecular formula is C11H10F5N3O. The third kappa shape index (κ3) is 2.67. The van der Waals surface area contributed by atoms with Gasteiger partial charge in [-0.05, 0) is 17.2 Å². The lowest BCUT2D eigenvalue weighted by Crippen LogP contribution is -2.43. The number of rotatable bonds is 2. The van der Waals surface area contributed by atoms with E-state index in [1.54, 1.807) is 0 Å². The molecule has 0 saturated carbocycles. The number of hydrogen-bond acceptors (Lipinski definition) is 2. The summed E-state index contributed by atoms with van der Waals surface area (Å²) in [5, 5.41) is 3.08. The SMILES string of the molecule is NN1Cc2cc(C(C(F)F)C(F)(F)F)ccc2NC1=O. The minimum Gasteiger partial charge on any atom is -0.306 e. The van der Waals surface area contributed by atoms with Crippen molar-refractivity contribution in [2.45, 2.75) is 25.1 Å². The van der Waals surface area contributed by atoms with Gasteiger partial charge in [0.15, 0.2) is 0 Å². The molecule has 0 aliphatic carbocycles. The van der Waals surface area contributed by atoms with Crippen molar-refractivity contribution in [3.8, 4) is 0 Å². The van der Waals surface area contributed by atoms with Crippen LogP contribution >= 0.6 is 0 Å². The molecule has 9 heteroatoms. The van der Waals surface area contributed by atoms with Crippen molar-refractivity contribution in [1.29, 1.82) is 0 Å². The number of nitrogens with two attached hydrogens (primary N) is 1. The molecule has 20 heavy (non-hydrogen) atoms. The lowest BCUT2D eigenvalue weighted by molar-refractivity contribution is -0.178. The Morgan fingerprint density at radius 2 is 1.95 bits per heavy atom. The summed E-state index contributed by atoms with van der Waals surface area (Å²) in [6, 6.07) is 2.46. The highest BCUT2D eigenvalue weighted by atomic mass is 19.4. The number of nitrogens with zero attached hydrogens (tertiary/aromatic N) is 1. The summed E-state index contributed by atoms with van der Waals surface area (Å²) in [4.78, 5) is 11.2. The van der Waals surface area contributed by atoms with Gasteiger partial charge in [-0.25, -0.2) is 19.4 Å². The Hall–Kier alpha value is -1.90. The van der Waals surface area contributed by atoms with Crippen LogP contribution in [0.25, 0.3) is 0 Å². The number of urea groups is 1. The van der Waals surface area contributed by atoms with E-state index >= 15 is 0 Å². The lowest BCUT2D eigenvalue weighted by Gasteiger charge is -2.27. The number of nitrogens with one attached hydrogen (secondary N) is 1. The highest BCUT2D eigenvalue weighted by Gasteiger charge is 2.47. The van der Waals surface area contributed by atoms with Crippen molar-refractivity contribution in [2.24, 2.45) is 5.84 Å². The van der Waals surface area contributed by atoms with E-state index in [1.807, 2.05) is 0 Å². The molecule has 4 nitrogen and oxygen atoms in total. The largest absolute Gasteiger partial charge is 0.401 e. The zero-order chi connectivity index (χ0) is 15.1. The van der Waals surface area contributed by atoms with Crippen LogP contribution in [0.3, 0.4) is 0 Å². The number of anilines is 1. The summed E-state index contributed by atoms with van der Waals surface area (Å²) in [6.07, 6.45) is -8.62. The molecule has 0 aromatic heterocycles. The number of hydrazine groups is 1. The van der Waals surface area contributed by atoms with E-state index in [4.69, 9.17) is 5.84 Å². The summed E-state index contributed by atoms with van der Waals surface area (Å²) in [6.45, 7) is -0.150. The molecule has 2 amide bonds. The normalized spacial score (nSPS) is 16.9. The van der Waals surface area contributed by atoms with E-state index < -0.39 is 30.1 Å². The van der Waals surface area contributed by atoms with Crippen LogP contribution in [0.2, 0.25) is 0 Å². The average Bonchev–Trinajstić information content (AvgIpc) is 2.28. The minimum atomic E-state index is -5.05. The van der Waals surface area contributed by atoms with Gasteiger partial charge in [0.25, 0.3) is 6.43 Å². The first kappa shape index (κ1) is 14.5. The van der Waals surface area contributed by atoms with Crippen LogP contribution in [0.15, 0.2) is 18.2 Å². The Labute approximate surface area is 110 Å². The number of carbonyl (C=O) groups excluding carboxylic acids is 1. The second-order valence-electron chi connectivity index (χ2n) is 4.33. The van der Waals surface area contributed by atoms with Gasteiger partial charge in [-0.1, -0.05) is 12.1 Å². The maximum absolute atomic E-state index is 12.6. The highest BCUT2D eigenvalue weighted by Crippen LogP contribution is 2.40. The van der Waals surface area contributed by atoms with Gasteiger partial charge in [0.1, 0.15) is 5.92 Å². The quantitative estimate of drug-likeness (QED) is 0.501. The molecule has 1 aliphatic heterocycles. The first-order chi connectivity index (χ1) is 9.20.